The second-order valence-electron chi connectivity index (χ2n) is 9.79. The van der Waals surface area contributed by atoms with Crippen molar-refractivity contribution in [1.29, 1.82) is 0 Å². The van der Waals surface area contributed by atoms with E-state index in [2.05, 4.69) is 20.8 Å². The van der Waals surface area contributed by atoms with Crippen molar-refractivity contribution in [2.45, 2.75) is 142 Å². The number of hydrogen-bond acceptors (Lipinski definition) is 3. The van der Waals surface area contributed by atoms with Gasteiger partial charge in [0.1, 0.15) is 6.10 Å². The minimum atomic E-state index is -0.722. The number of carbonyl (C=O) groups is 2. The quantitative estimate of drug-likeness (QED) is 0.174. The van der Waals surface area contributed by atoms with E-state index in [4.69, 9.17) is 4.74 Å². The molecule has 1 aliphatic rings. The zero-order chi connectivity index (χ0) is 22.9. The fourth-order valence-electron chi connectivity index (χ4n) is 4.99. The molecule has 0 heterocycles. The average Bonchev–Trinajstić information content (AvgIpc) is 2.78. The van der Waals surface area contributed by atoms with Crippen LogP contribution < -0.4 is 0 Å². The van der Waals surface area contributed by atoms with Gasteiger partial charge in [-0.1, -0.05) is 85.0 Å². The average molecular weight is 439 g/mol. The lowest BCUT2D eigenvalue weighted by atomic mass is 9.82. The highest BCUT2D eigenvalue weighted by atomic mass is 16.5. The number of rotatable bonds is 18. The molecule has 4 heteroatoms. The molecule has 1 saturated carbocycles. The van der Waals surface area contributed by atoms with Crippen LogP contribution in [0.5, 0.6) is 0 Å². The number of carboxylic acid groups (broad SMARTS) is 1. The molecule has 0 saturated heterocycles. The van der Waals surface area contributed by atoms with E-state index >= 15 is 0 Å². The third-order valence-electron chi connectivity index (χ3n) is 7.25. The summed E-state index contributed by atoms with van der Waals surface area (Å²) in [7, 11) is 0. The van der Waals surface area contributed by atoms with E-state index in [1.54, 1.807) is 0 Å². The van der Waals surface area contributed by atoms with Gasteiger partial charge >= 0.3 is 11.9 Å². The van der Waals surface area contributed by atoms with Crippen molar-refractivity contribution in [1.82, 2.24) is 0 Å². The van der Waals surface area contributed by atoms with Crippen LogP contribution in [0, 0.1) is 17.8 Å². The summed E-state index contributed by atoms with van der Waals surface area (Å²) >= 11 is 0. The molecule has 0 spiro atoms. The zero-order valence-electron chi connectivity index (χ0n) is 20.7. The van der Waals surface area contributed by atoms with E-state index in [0.29, 0.717) is 31.6 Å². The van der Waals surface area contributed by atoms with Crippen molar-refractivity contribution in [3.63, 3.8) is 0 Å². The summed E-state index contributed by atoms with van der Waals surface area (Å²) in [5.74, 6) is -0.728. The monoisotopic (exact) mass is 438 g/mol. The number of carbonyl (C=O) groups excluding carboxylic acids is 1. The van der Waals surface area contributed by atoms with E-state index in [9.17, 15) is 14.7 Å². The highest BCUT2D eigenvalue weighted by Crippen LogP contribution is 2.32. The summed E-state index contributed by atoms with van der Waals surface area (Å²) in [6, 6.07) is 0. The minimum Gasteiger partial charge on any atom is -0.481 e. The molecule has 2 atom stereocenters. The highest BCUT2D eigenvalue weighted by Gasteiger charge is 2.33. The Labute approximate surface area is 191 Å². The molecule has 0 aliphatic heterocycles. The van der Waals surface area contributed by atoms with Crippen LogP contribution >= 0.6 is 0 Å². The Bertz CT molecular complexity index is 468. The first kappa shape index (κ1) is 28.0. The van der Waals surface area contributed by atoms with E-state index in [-0.39, 0.29) is 23.9 Å². The van der Waals surface area contributed by atoms with Gasteiger partial charge in [0, 0.05) is 0 Å². The molecule has 0 bridgehead atoms. The van der Waals surface area contributed by atoms with Gasteiger partial charge in [0.15, 0.2) is 0 Å². The fourth-order valence-corrected chi connectivity index (χ4v) is 4.99. The molecule has 1 rings (SSSR count). The van der Waals surface area contributed by atoms with Crippen molar-refractivity contribution in [3.8, 4) is 0 Å². The third kappa shape index (κ3) is 11.9. The Morgan fingerprint density at radius 2 is 1.26 bits per heavy atom. The van der Waals surface area contributed by atoms with E-state index in [1.165, 1.54) is 64.2 Å². The Morgan fingerprint density at radius 3 is 1.77 bits per heavy atom. The third-order valence-corrected chi connectivity index (χ3v) is 7.25. The normalized spacial score (nSPS) is 20.9. The largest absolute Gasteiger partial charge is 0.481 e. The molecule has 0 amide bonds. The maximum absolute atomic E-state index is 12.9. The second kappa shape index (κ2) is 17.5. The van der Waals surface area contributed by atoms with Crippen molar-refractivity contribution in [3.05, 3.63) is 0 Å². The Hall–Kier alpha value is -1.06. The van der Waals surface area contributed by atoms with Crippen molar-refractivity contribution >= 4 is 11.9 Å². The number of aliphatic carboxylic acids is 1. The molecular weight excluding hydrogens is 388 g/mol. The number of hydrogen-bond donors (Lipinski definition) is 1. The minimum absolute atomic E-state index is 0.0331. The topological polar surface area (TPSA) is 63.6 Å². The smallest absolute Gasteiger partial charge is 0.309 e. The molecule has 0 radical (unpaired) electrons. The van der Waals surface area contributed by atoms with Crippen molar-refractivity contribution in [2.75, 3.05) is 0 Å². The summed E-state index contributed by atoms with van der Waals surface area (Å²) in [6.07, 6.45) is 19.8. The Balaban J connectivity index is 2.44. The summed E-state index contributed by atoms with van der Waals surface area (Å²) in [6.45, 7) is 6.69. The molecular formula is C27H50O4. The molecule has 1 aliphatic carbocycles. The van der Waals surface area contributed by atoms with Crippen molar-refractivity contribution in [2.24, 2.45) is 17.8 Å². The lowest BCUT2D eigenvalue weighted by Crippen LogP contribution is -2.32. The number of esters is 1. The van der Waals surface area contributed by atoms with Gasteiger partial charge in [-0.2, -0.15) is 0 Å². The standard InChI is InChI=1S/C27H50O4/c1-4-7-9-10-11-12-13-14-15-17-25(22(6-3)16-8-5-2)31-27(30)24-20-18-23(19-21-24)26(28)29/h22-25H,4-21H2,1-3H3,(H,28,29). The molecule has 0 aromatic heterocycles. The van der Waals surface area contributed by atoms with Crippen LogP contribution in [0.25, 0.3) is 0 Å². The van der Waals surface area contributed by atoms with Gasteiger partial charge in [-0.25, -0.2) is 0 Å². The maximum Gasteiger partial charge on any atom is 0.309 e. The van der Waals surface area contributed by atoms with E-state index < -0.39 is 5.97 Å². The van der Waals surface area contributed by atoms with Crippen LogP contribution in [-0.2, 0) is 14.3 Å². The maximum atomic E-state index is 12.9. The Morgan fingerprint density at radius 1 is 0.742 bits per heavy atom. The van der Waals surface area contributed by atoms with Crippen LogP contribution in [0.4, 0.5) is 0 Å². The first-order chi connectivity index (χ1) is 15.0. The summed E-state index contributed by atoms with van der Waals surface area (Å²) in [5.41, 5.74) is 0. The molecule has 0 aromatic rings. The molecule has 2 unspecified atom stereocenters. The lowest BCUT2D eigenvalue weighted by Gasteiger charge is -2.30. The van der Waals surface area contributed by atoms with Crippen LogP contribution in [0.2, 0.25) is 0 Å². The van der Waals surface area contributed by atoms with Gasteiger partial charge in [0.05, 0.1) is 11.8 Å². The summed E-state index contributed by atoms with van der Waals surface area (Å²) in [5, 5.41) is 9.19. The van der Waals surface area contributed by atoms with Gasteiger partial charge in [0.2, 0.25) is 0 Å². The van der Waals surface area contributed by atoms with Gasteiger partial charge in [0.25, 0.3) is 0 Å². The molecule has 1 N–H and O–H groups in total. The predicted molar refractivity (Wildman–Crippen MR) is 128 cm³/mol. The van der Waals surface area contributed by atoms with E-state index in [0.717, 1.165) is 25.7 Å². The lowest BCUT2D eigenvalue weighted by molar-refractivity contribution is -0.160. The van der Waals surface area contributed by atoms with Crippen LogP contribution in [0.3, 0.4) is 0 Å². The number of ether oxygens (including phenoxy) is 1. The van der Waals surface area contributed by atoms with E-state index in [1.807, 2.05) is 0 Å². The predicted octanol–water partition coefficient (Wildman–Crippen LogP) is 7.93. The molecule has 1 fully saturated rings. The number of carboxylic acids is 1. The summed E-state index contributed by atoms with van der Waals surface area (Å²) < 4.78 is 6.12. The van der Waals surface area contributed by atoms with Crippen LogP contribution in [0.15, 0.2) is 0 Å². The van der Waals surface area contributed by atoms with Crippen LogP contribution in [-0.4, -0.2) is 23.1 Å². The second-order valence-corrected chi connectivity index (χ2v) is 9.79. The zero-order valence-corrected chi connectivity index (χ0v) is 20.7. The van der Waals surface area contributed by atoms with Crippen LogP contribution in [0.1, 0.15) is 136 Å². The SMILES string of the molecule is CCCCCCCCCCCC(OC(=O)C1CCC(C(=O)O)CC1)C(CC)CCCC. The first-order valence-electron chi connectivity index (χ1n) is 13.5. The molecule has 182 valence electrons. The first-order valence-corrected chi connectivity index (χ1v) is 13.5. The fraction of sp³-hybridized carbons (Fsp3) is 0.926. The Kier molecular flexibility index (Phi) is 15.8. The summed E-state index contributed by atoms with van der Waals surface area (Å²) in [4.78, 5) is 24.0. The van der Waals surface area contributed by atoms with Crippen molar-refractivity contribution < 1.29 is 19.4 Å². The van der Waals surface area contributed by atoms with Gasteiger partial charge in [-0.15, -0.1) is 0 Å². The molecule has 0 aromatic carbocycles. The number of unbranched alkanes of at least 4 members (excludes halogenated alkanes) is 9. The molecule has 31 heavy (non-hydrogen) atoms. The van der Waals surface area contributed by atoms with Gasteiger partial charge in [-0.05, 0) is 57.3 Å². The van der Waals surface area contributed by atoms with Gasteiger partial charge in [-0.3, -0.25) is 9.59 Å². The highest BCUT2D eigenvalue weighted by molar-refractivity contribution is 5.74. The van der Waals surface area contributed by atoms with Gasteiger partial charge < -0.3 is 9.84 Å². The molecule has 4 nitrogen and oxygen atoms in total.